The number of halogens is 1. The highest BCUT2D eigenvalue weighted by molar-refractivity contribution is 4.72. The fourth-order valence-electron chi connectivity index (χ4n) is 1.10. The second-order valence-electron chi connectivity index (χ2n) is 3.04. The van der Waals surface area contributed by atoms with Gasteiger partial charge in [0.1, 0.15) is 6.17 Å². The van der Waals surface area contributed by atoms with E-state index in [0.29, 0.717) is 12.8 Å². The highest BCUT2D eigenvalue weighted by Gasteiger charge is 2.02. The van der Waals surface area contributed by atoms with Gasteiger partial charge in [0.25, 0.3) is 0 Å². The van der Waals surface area contributed by atoms with E-state index in [0.717, 1.165) is 6.42 Å². The van der Waals surface area contributed by atoms with Gasteiger partial charge in [-0.25, -0.2) is 4.39 Å². The van der Waals surface area contributed by atoms with E-state index in [1.807, 2.05) is 6.92 Å². The first kappa shape index (κ1) is 10.9. The molecule has 0 nitrogen and oxygen atoms in total. The van der Waals surface area contributed by atoms with E-state index >= 15 is 0 Å². The van der Waals surface area contributed by atoms with Crippen molar-refractivity contribution in [3.8, 4) is 0 Å². The normalized spacial score (nSPS) is 10.9. The first-order chi connectivity index (χ1) is 5.31. The Morgan fingerprint density at radius 2 is 1.64 bits per heavy atom. The Balaban J connectivity index is 2.89. The Labute approximate surface area is 70.2 Å². The number of unbranched alkanes of at least 4 members (excludes halogenated alkanes) is 4. The third-order valence-electron chi connectivity index (χ3n) is 1.94. The molecule has 0 heterocycles. The Morgan fingerprint density at radius 3 is 2.18 bits per heavy atom. The van der Waals surface area contributed by atoms with Crippen molar-refractivity contribution in [1.29, 1.82) is 0 Å². The molecule has 67 valence electrons. The molecule has 0 aromatic heterocycles. The van der Waals surface area contributed by atoms with Crippen molar-refractivity contribution in [2.24, 2.45) is 0 Å². The number of hydrogen-bond donors (Lipinski definition) is 0. The molecule has 0 fully saturated rings. The average molecular weight is 159 g/mol. The zero-order valence-electron chi connectivity index (χ0n) is 7.83. The molecule has 0 aliphatic rings. The van der Waals surface area contributed by atoms with Gasteiger partial charge in [-0.15, -0.1) is 0 Å². The minimum Gasteiger partial charge on any atom is -0.240 e. The van der Waals surface area contributed by atoms with Gasteiger partial charge in [-0.3, -0.25) is 0 Å². The molecule has 0 atom stereocenters. The smallest absolute Gasteiger partial charge is 0.144 e. The van der Waals surface area contributed by atoms with Crippen LogP contribution < -0.4 is 0 Å². The van der Waals surface area contributed by atoms with Crippen LogP contribution in [0.15, 0.2) is 0 Å². The fourth-order valence-corrected chi connectivity index (χ4v) is 1.10. The number of hydrogen-bond acceptors (Lipinski definition) is 0. The molecule has 0 rings (SSSR count). The lowest BCUT2D eigenvalue weighted by Crippen LogP contribution is -1.87. The van der Waals surface area contributed by atoms with Crippen molar-refractivity contribution in [1.82, 2.24) is 0 Å². The molecule has 0 aliphatic heterocycles. The van der Waals surface area contributed by atoms with Gasteiger partial charge < -0.3 is 0 Å². The molecule has 0 aromatic carbocycles. The summed E-state index contributed by atoms with van der Waals surface area (Å²) >= 11 is 0. The summed E-state index contributed by atoms with van der Waals surface area (Å²) in [6, 6.07) is 0. The van der Waals surface area contributed by atoms with Crippen LogP contribution in [0, 0.1) is 6.17 Å². The zero-order valence-corrected chi connectivity index (χ0v) is 7.83. The molecule has 0 unspecified atom stereocenters. The van der Waals surface area contributed by atoms with Gasteiger partial charge in [0, 0.05) is 0 Å². The summed E-state index contributed by atoms with van der Waals surface area (Å²) in [5.41, 5.74) is 0. The maximum absolute atomic E-state index is 12.6. The summed E-state index contributed by atoms with van der Waals surface area (Å²) in [4.78, 5) is 0. The van der Waals surface area contributed by atoms with Gasteiger partial charge in [-0.2, -0.15) is 0 Å². The summed E-state index contributed by atoms with van der Waals surface area (Å²) < 4.78 is 12.6. The fraction of sp³-hybridized carbons (Fsp3) is 0.900. The Morgan fingerprint density at radius 1 is 1.00 bits per heavy atom. The molecule has 0 saturated carbocycles. The molecule has 0 bridgehead atoms. The maximum atomic E-state index is 12.6. The molecule has 0 aliphatic carbocycles. The van der Waals surface area contributed by atoms with Gasteiger partial charge in [-0.05, 0) is 12.8 Å². The topological polar surface area (TPSA) is 0 Å². The minimum atomic E-state index is 0.168. The Kier molecular flexibility index (Phi) is 7.98. The second kappa shape index (κ2) is 8.03. The lowest BCUT2D eigenvalue weighted by molar-refractivity contribution is 0.421. The largest absolute Gasteiger partial charge is 0.240 e. The van der Waals surface area contributed by atoms with Crippen LogP contribution in [-0.2, 0) is 0 Å². The van der Waals surface area contributed by atoms with E-state index in [1.54, 1.807) is 0 Å². The van der Waals surface area contributed by atoms with Crippen molar-refractivity contribution >= 4 is 0 Å². The molecule has 0 saturated heterocycles. The molecule has 0 aromatic rings. The van der Waals surface area contributed by atoms with Crippen molar-refractivity contribution in [2.45, 2.75) is 58.8 Å². The lowest BCUT2D eigenvalue weighted by Gasteiger charge is -2.02. The monoisotopic (exact) mass is 159 g/mol. The predicted molar refractivity (Wildman–Crippen MR) is 48.0 cm³/mol. The molecule has 1 radical (unpaired) electrons. The molecule has 1 heteroatoms. The van der Waals surface area contributed by atoms with E-state index < -0.39 is 0 Å². The SMILES string of the molecule is CCCCCCC[C](F)CC. The molecular weight excluding hydrogens is 139 g/mol. The quantitative estimate of drug-likeness (QED) is 0.487. The molecule has 0 amide bonds. The molecule has 11 heavy (non-hydrogen) atoms. The van der Waals surface area contributed by atoms with E-state index in [2.05, 4.69) is 6.92 Å². The maximum Gasteiger partial charge on any atom is 0.144 e. The third kappa shape index (κ3) is 7.83. The second-order valence-corrected chi connectivity index (χ2v) is 3.04. The van der Waals surface area contributed by atoms with Crippen LogP contribution in [0.2, 0.25) is 0 Å². The molecular formula is C10H20F. The predicted octanol–water partition coefficient (Wildman–Crippen LogP) is 4.26. The first-order valence-corrected chi connectivity index (χ1v) is 4.81. The van der Waals surface area contributed by atoms with Crippen LogP contribution in [-0.4, -0.2) is 0 Å². The van der Waals surface area contributed by atoms with Crippen LogP contribution in [0.5, 0.6) is 0 Å². The van der Waals surface area contributed by atoms with Crippen molar-refractivity contribution < 1.29 is 4.39 Å². The van der Waals surface area contributed by atoms with E-state index in [-0.39, 0.29) is 6.17 Å². The first-order valence-electron chi connectivity index (χ1n) is 4.81. The highest BCUT2D eigenvalue weighted by Crippen LogP contribution is 2.17. The van der Waals surface area contributed by atoms with E-state index in [1.165, 1.54) is 25.7 Å². The minimum absolute atomic E-state index is 0.168. The summed E-state index contributed by atoms with van der Waals surface area (Å²) in [5.74, 6) is 0. The molecule has 0 N–H and O–H groups in total. The zero-order chi connectivity index (χ0) is 8.53. The summed E-state index contributed by atoms with van der Waals surface area (Å²) in [7, 11) is 0. The standard InChI is InChI=1S/C10H20F/c1-3-5-6-7-8-9-10(11)4-2/h3-9H2,1-2H3. The van der Waals surface area contributed by atoms with Gasteiger partial charge >= 0.3 is 0 Å². The van der Waals surface area contributed by atoms with E-state index in [4.69, 9.17) is 0 Å². The van der Waals surface area contributed by atoms with Gasteiger partial charge in [0.2, 0.25) is 0 Å². The van der Waals surface area contributed by atoms with E-state index in [9.17, 15) is 4.39 Å². The van der Waals surface area contributed by atoms with Crippen molar-refractivity contribution in [2.75, 3.05) is 0 Å². The van der Waals surface area contributed by atoms with Crippen LogP contribution in [0.3, 0.4) is 0 Å². The van der Waals surface area contributed by atoms with Crippen molar-refractivity contribution in [3.63, 3.8) is 0 Å². The van der Waals surface area contributed by atoms with Gasteiger partial charge in [-0.1, -0.05) is 46.0 Å². The lowest BCUT2D eigenvalue weighted by atomic mass is 10.1. The van der Waals surface area contributed by atoms with Crippen LogP contribution in [0.4, 0.5) is 4.39 Å². The third-order valence-corrected chi connectivity index (χ3v) is 1.94. The Hall–Kier alpha value is -0.0700. The van der Waals surface area contributed by atoms with Gasteiger partial charge in [0.05, 0.1) is 0 Å². The number of rotatable bonds is 7. The van der Waals surface area contributed by atoms with Crippen LogP contribution >= 0.6 is 0 Å². The molecule has 0 spiro atoms. The average Bonchev–Trinajstić information content (AvgIpc) is 2.04. The summed E-state index contributed by atoms with van der Waals surface area (Å²) in [6.45, 7) is 4.07. The summed E-state index contributed by atoms with van der Waals surface area (Å²) in [6.07, 6.45) is 7.54. The van der Waals surface area contributed by atoms with Crippen LogP contribution in [0.1, 0.15) is 58.8 Å². The van der Waals surface area contributed by atoms with Crippen molar-refractivity contribution in [3.05, 3.63) is 6.17 Å². The summed E-state index contributed by atoms with van der Waals surface area (Å²) in [5, 5.41) is 0. The Bertz CT molecular complexity index is 71.3. The van der Waals surface area contributed by atoms with Crippen LogP contribution in [0.25, 0.3) is 0 Å². The highest BCUT2D eigenvalue weighted by atomic mass is 19.1. The van der Waals surface area contributed by atoms with Gasteiger partial charge in [0.15, 0.2) is 0 Å².